The lowest BCUT2D eigenvalue weighted by molar-refractivity contribution is -0.125. The number of hydrogen-bond acceptors (Lipinski definition) is 4. The molecule has 0 atom stereocenters. The summed E-state index contributed by atoms with van der Waals surface area (Å²) in [5.41, 5.74) is 1.61. The fourth-order valence-electron chi connectivity index (χ4n) is 1.93. The zero-order valence-corrected chi connectivity index (χ0v) is 10.8. The van der Waals surface area contributed by atoms with Crippen LogP contribution < -0.4 is 15.0 Å². The number of amides is 1. The summed E-state index contributed by atoms with van der Waals surface area (Å²) >= 11 is 0. The minimum Gasteiger partial charge on any atom is -0.495 e. The molecule has 2 rings (SSSR count). The number of methoxy groups -OCH3 is 1. The first-order chi connectivity index (χ1) is 9.26. The largest absolute Gasteiger partial charge is 0.495 e. The van der Waals surface area contributed by atoms with Crippen molar-refractivity contribution >= 4 is 17.3 Å². The van der Waals surface area contributed by atoms with Gasteiger partial charge >= 0.3 is 0 Å². The van der Waals surface area contributed by atoms with Crippen molar-refractivity contribution in [3.05, 3.63) is 18.2 Å². The molecular weight excluding hydrogens is 244 g/mol. The summed E-state index contributed by atoms with van der Waals surface area (Å²) in [4.78, 5) is 13.5. The number of terminal acetylenes is 1. The highest BCUT2D eigenvalue weighted by Crippen LogP contribution is 2.30. The molecule has 0 aliphatic carbocycles. The second-order valence-corrected chi connectivity index (χ2v) is 4.04. The molecule has 1 fully saturated rings. The highest BCUT2D eigenvalue weighted by atomic mass is 16.5. The summed E-state index contributed by atoms with van der Waals surface area (Å²) in [6.45, 7) is 1.65. The van der Waals surface area contributed by atoms with Crippen LogP contribution in [0.3, 0.4) is 0 Å². The van der Waals surface area contributed by atoms with Crippen LogP contribution >= 0.6 is 0 Å². The van der Waals surface area contributed by atoms with Crippen LogP contribution in [-0.4, -0.2) is 39.3 Å². The molecule has 1 amide bonds. The van der Waals surface area contributed by atoms with Gasteiger partial charge in [-0.3, -0.25) is 4.79 Å². The number of morpholine rings is 1. The molecule has 0 aromatic heterocycles. The van der Waals surface area contributed by atoms with E-state index in [0.29, 0.717) is 25.4 Å². The number of carbonyl (C=O) groups excluding carboxylic acids is 1. The van der Waals surface area contributed by atoms with Gasteiger partial charge in [0.2, 0.25) is 0 Å². The van der Waals surface area contributed by atoms with E-state index in [0.717, 1.165) is 11.4 Å². The van der Waals surface area contributed by atoms with Crippen molar-refractivity contribution in [2.24, 2.45) is 0 Å². The van der Waals surface area contributed by atoms with Crippen molar-refractivity contribution < 1.29 is 14.3 Å². The molecule has 100 valence electrons. The summed E-state index contributed by atoms with van der Waals surface area (Å²) in [6.07, 6.45) is 5.21. The summed E-state index contributed by atoms with van der Waals surface area (Å²) in [6, 6.07) is 5.54. The first kappa shape index (κ1) is 13.2. The van der Waals surface area contributed by atoms with Crippen molar-refractivity contribution in [1.29, 1.82) is 0 Å². The van der Waals surface area contributed by atoms with Crippen LogP contribution in [0.2, 0.25) is 0 Å². The number of hydrogen-bond donors (Lipinski definition) is 1. The van der Waals surface area contributed by atoms with Gasteiger partial charge in [0.05, 0.1) is 25.9 Å². The normalized spacial score (nSPS) is 14.9. The van der Waals surface area contributed by atoms with Gasteiger partial charge in [-0.1, -0.05) is 5.92 Å². The molecule has 1 aliphatic heterocycles. The Morgan fingerprint density at radius 1 is 1.58 bits per heavy atom. The Morgan fingerprint density at radius 3 is 3.11 bits per heavy atom. The minimum absolute atomic E-state index is 0.0439. The lowest BCUT2D eigenvalue weighted by Gasteiger charge is -2.27. The van der Waals surface area contributed by atoms with Crippen LogP contribution in [0.15, 0.2) is 18.2 Å². The van der Waals surface area contributed by atoms with Crippen LogP contribution in [0.25, 0.3) is 0 Å². The van der Waals surface area contributed by atoms with Gasteiger partial charge in [0.1, 0.15) is 12.4 Å². The van der Waals surface area contributed by atoms with Gasteiger partial charge in [0.15, 0.2) is 0 Å². The third kappa shape index (κ3) is 2.98. The topological polar surface area (TPSA) is 50.8 Å². The van der Waals surface area contributed by atoms with E-state index in [-0.39, 0.29) is 12.5 Å². The summed E-state index contributed by atoms with van der Waals surface area (Å²) in [5.74, 6) is 3.12. The highest BCUT2D eigenvalue weighted by molar-refractivity contribution is 5.95. The van der Waals surface area contributed by atoms with Gasteiger partial charge in [-0.15, -0.1) is 6.42 Å². The van der Waals surface area contributed by atoms with Gasteiger partial charge in [0, 0.05) is 18.3 Å². The predicted octanol–water partition coefficient (Wildman–Crippen LogP) is 1.10. The molecule has 1 N–H and O–H groups in total. The highest BCUT2D eigenvalue weighted by Gasteiger charge is 2.21. The Kier molecular flexibility index (Phi) is 4.26. The molecule has 19 heavy (non-hydrogen) atoms. The first-order valence-electron chi connectivity index (χ1n) is 5.99. The Hall–Kier alpha value is -2.19. The molecule has 0 saturated carbocycles. The zero-order chi connectivity index (χ0) is 13.7. The quantitative estimate of drug-likeness (QED) is 0.824. The lowest BCUT2D eigenvalue weighted by Crippen LogP contribution is -2.41. The van der Waals surface area contributed by atoms with Crippen LogP contribution in [0.5, 0.6) is 5.75 Å². The maximum absolute atomic E-state index is 11.8. The van der Waals surface area contributed by atoms with E-state index in [1.54, 1.807) is 12.0 Å². The molecule has 1 saturated heterocycles. The van der Waals surface area contributed by atoms with Crippen LogP contribution in [0.4, 0.5) is 11.4 Å². The molecule has 1 aromatic carbocycles. The third-order valence-corrected chi connectivity index (χ3v) is 2.86. The van der Waals surface area contributed by atoms with E-state index in [9.17, 15) is 4.79 Å². The molecule has 0 unspecified atom stereocenters. The van der Waals surface area contributed by atoms with Crippen molar-refractivity contribution in [3.8, 4) is 18.1 Å². The van der Waals surface area contributed by atoms with E-state index < -0.39 is 0 Å². The number of carbonyl (C=O) groups is 1. The van der Waals surface area contributed by atoms with E-state index in [1.165, 1.54) is 0 Å². The molecule has 5 nitrogen and oxygen atoms in total. The minimum atomic E-state index is -0.0439. The van der Waals surface area contributed by atoms with Crippen LogP contribution in [-0.2, 0) is 9.53 Å². The number of benzene rings is 1. The summed E-state index contributed by atoms with van der Waals surface area (Å²) in [5, 5.41) is 3.07. The number of ether oxygens (including phenoxy) is 2. The van der Waals surface area contributed by atoms with Crippen LogP contribution in [0.1, 0.15) is 0 Å². The maximum Gasteiger partial charge on any atom is 0.253 e. The van der Waals surface area contributed by atoms with Crippen LogP contribution in [0, 0.1) is 12.3 Å². The lowest BCUT2D eigenvalue weighted by atomic mass is 10.2. The molecule has 0 radical (unpaired) electrons. The van der Waals surface area contributed by atoms with E-state index in [1.807, 2.05) is 18.2 Å². The van der Waals surface area contributed by atoms with Crippen molar-refractivity contribution in [2.75, 3.05) is 43.6 Å². The van der Waals surface area contributed by atoms with Crippen molar-refractivity contribution in [3.63, 3.8) is 0 Å². The van der Waals surface area contributed by atoms with E-state index in [4.69, 9.17) is 15.9 Å². The van der Waals surface area contributed by atoms with E-state index in [2.05, 4.69) is 11.2 Å². The average molecular weight is 260 g/mol. The Morgan fingerprint density at radius 2 is 2.42 bits per heavy atom. The van der Waals surface area contributed by atoms with Gasteiger partial charge in [0.25, 0.3) is 5.91 Å². The van der Waals surface area contributed by atoms with Gasteiger partial charge in [-0.2, -0.15) is 0 Å². The smallest absolute Gasteiger partial charge is 0.253 e. The molecule has 5 heteroatoms. The number of nitrogens with one attached hydrogen (secondary N) is 1. The Bertz CT molecular complexity index is 508. The number of anilines is 2. The second-order valence-electron chi connectivity index (χ2n) is 4.04. The molecule has 1 heterocycles. The van der Waals surface area contributed by atoms with Gasteiger partial charge in [-0.25, -0.2) is 0 Å². The maximum atomic E-state index is 11.8. The molecule has 1 aliphatic rings. The summed E-state index contributed by atoms with van der Waals surface area (Å²) in [7, 11) is 1.58. The zero-order valence-electron chi connectivity index (χ0n) is 10.8. The molecule has 1 aromatic rings. The third-order valence-electron chi connectivity index (χ3n) is 2.86. The average Bonchev–Trinajstić information content (AvgIpc) is 2.45. The molecule has 0 bridgehead atoms. The fraction of sp³-hybridized carbons (Fsp3) is 0.357. The van der Waals surface area contributed by atoms with Crippen molar-refractivity contribution in [2.45, 2.75) is 0 Å². The fourth-order valence-corrected chi connectivity index (χ4v) is 1.93. The van der Waals surface area contributed by atoms with Gasteiger partial charge in [-0.05, 0) is 12.1 Å². The molecule has 0 spiro atoms. The first-order valence-corrected chi connectivity index (χ1v) is 5.99. The van der Waals surface area contributed by atoms with Crippen molar-refractivity contribution in [1.82, 2.24) is 0 Å². The number of rotatable bonds is 4. The number of nitrogens with zero attached hydrogens (tertiary/aromatic N) is 1. The standard InChI is InChI=1S/C14H16N2O3/c1-3-6-15-12-5-4-11(9-13(12)18-2)16-7-8-19-10-14(16)17/h1,4-5,9,15H,6-8,10H2,2H3. The predicted molar refractivity (Wildman–Crippen MR) is 73.5 cm³/mol. The Labute approximate surface area is 112 Å². The van der Waals surface area contributed by atoms with E-state index >= 15 is 0 Å². The Balaban J connectivity index is 2.23. The SMILES string of the molecule is C#CCNc1ccc(N2CCOCC2=O)cc1OC. The summed E-state index contributed by atoms with van der Waals surface area (Å²) < 4.78 is 10.4. The second kappa shape index (κ2) is 6.12. The monoisotopic (exact) mass is 260 g/mol. The van der Waals surface area contributed by atoms with Gasteiger partial charge < -0.3 is 19.7 Å². The molecular formula is C14H16N2O3.